The van der Waals surface area contributed by atoms with E-state index in [9.17, 15) is 4.79 Å². The van der Waals surface area contributed by atoms with E-state index in [1.54, 1.807) is 18.6 Å². The average molecular weight is 350 g/mol. The molecule has 3 rings (SSSR count). The molecule has 23 heavy (non-hydrogen) atoms. The van der Waals surface area contributed by atoms with Gasteiger partial charge in [-0.1, -0.05) is 23.4 Å². The number of carbonyl (C=O) groups is 1. The molecule has 0 spiro atoms. The molecule has 2 aromatic rings. The predicted octanol–water partition coefficient (Wildman–Crippen LogP) is 2.21. The van der Waals surface area contributed by atoms with Gasteiger partial charge in [-0.3, -0.25) is 4.79 Å². The van der Waals surface area contributed by atoms with Gasteiger partial charge in [0.15, 0.2) is 5.16 Å². The van der Waals surface area contributed by atoms with Crippen LogP contribution in [0.5, 0.6) is 0 Å². The van der Waals surface area contributed by atoms with Crippen molar-refractivity contribution in [3.8, 4) is 0 Å². The van der Waals surface area contributed by atoms with Gasteiger partial charge >= 0.3 is 0 Å². The van der Waals surface area contributed by atoms with Crippen LogP contribution in [0.25, 0.3) is 0 Å². The van der Waals surface area contributed by atoms with Crippen LogP contribution in [0.4, 0.5) is 5.82 Å². The molecule has 0 aliphatic carbocycles. The molecule has 0 N–H and O–H groups in total. The number of anilines is 1. The van der Waals surface area contributed by atoms with Gasteiger partial charge < -0.3 is 9.80 Å². The average Bonchev–Trinajstić information content (AvgIpc) is 2.62. The van der Waals surface area contributed by atoms with Crippen molar-refractivity contribution >= 4 is 35.1 Å². The van der Waals surface area contributed by atoms with Crippen LogP contribution in [-0.2, 0) is 0 Å². The lowest BCUT2D eigenvalue weighted by Gasteiger charge is -2.35. The van der Waals surface area contributed by atoms with Gasteiger partial charge in [0.2, 0.25) is 0 Å². The fourth-order valence-electron chi connectivity index (χ4n) is 2.41. The first kappa shape index (κ1) is 16.0. The Labute approximate surface area is 143 Å². The van der Waals surface area contributed by atoms with Crippen LogP contribution < -0.4 is 4.90 Å². The minimum Gasteiger partial charge on any atom is -0.353 e. The number of hydrogen-bond donors (Lipinski definition) is 0. The minimum absolute atomic E-state index is 0.0265. The Morgan fingerprint density at radius 3 is 2.35 bits per heavy atom. The zero-order valence-corrected chi connectivity index (χ0v) is 14.2. The lowest BCUT2D eigenvalue weighted by Crippen LogP contribution is -2.49. The Kier molecular flexibility index (Phi) is 4.97. The molecular weight excluding hydrogens is 334 g/mol. The van der Waals surface area contributed by atoms with Crippen LogP contribution in [0.3, 0.4) is 0 Å². The third kappa shape index (κ3) is 3.73. The highest BCUT2D eigenvalue weighted by Crippen LogP contribution is 2.17. The maximum atomic E-state index is 12.5. The van der Waals surface area contributed by atoms with Gasteiger partial charge in [-0.05, 0) is 18.4 Å². The lowest BCUT2D eigenvalue weighted by atomic mass is 10.2. The summed E-state index contributed by atoms with van der Waals surface area (Å²) in [5.74, 6) is 0.857. The normalized spacial score (nSPS) is 14.9. The number of hydrogen-bond acceptors (Lipinski definition) is 6. The van der Waals surface area contributed by atoms with Crippen LogP contribution >= 0.6 is 23.4 Å². The van der Waals surface area contributed by atoms with Gasteiger partial charge in [0, 0.05) is 44.8 Å². The van der Waals surface area contributed by atoms with Crippen LogP contribution in [-0.4, -0.2) is 58.2 Å². The number of amides is 1. The van der Waals surface area contributed by atoms with Crippen LogP contribution in [0.2, 0.25) is 5.02 Å². The first-order valence-electron chi connectivity index (χ1n) is 7.19. The molecule has 0 unspecified atom stereocenters. The molecule has 1 saturated heterocycles. The first-order chi connectivity index (χ1) is 11.2. The van der Waals surface area contributed by atoms with Crippen molar-refractivity contribution in [2.45, 2.75) is 5.16 Å². The molecule has 0 bridgehead atoms. The van der Waals surface area contributed by atoms with Gasteiger partial charge in [0.05, 0.1) is 10.6 Å². The van der Waals surface area contributed by atoms with Crippen LogP contribution in [0, 0.1) is 0 Å². The molecule has 0 saturated carbocycles. The molecule has 0 aromatic carbocycles. The summed E-state index contributed by atoms with van der Waals surface area (Å²) in [5, 5.41) is 1.29. The van der Waals surface area contributed by atoms with E-state index in [2.05, 4.69) is 19.9 Å². The molecule has 8 heteroatoms. The number of piperazine rings is 1. The van der Waals surface area contributed by atoms with E-state index in [4.69, 9.17) is 11.6 Å². The van der Waals surface area contributed by atoms with E-state index in [-0.39, 0.29) is 5.91 Å². The second-order valence-corrected chi connectivity index (χ2v) is 6.28. The van der Waals surface area contributed by atoms with Crippen molar-refractivity contribution in [1.29, 1.82) is 0 Å². The molecule has 120 valence electrons. The highest BCUT2D eigenvalue weighted by Gasteiger charge is 2.23. The molecule has 6 nitrogen and oxygen atoms in total. The highest BCUT2D eigenvalue weighted by molar-refractivity contribution is 7.98. The minimum atomic E-state index is -0.0265. The van der Waals surface area contributed by atoms with Gasteiger partial charge in [-0.15, -0.1) is 0 Å². The van der Waals surface area contributed by atoms with Crippen molar-refractivity contribution in [2.75, 3.05) is 37.3 Å². The zero-order chi connectivity index (χ0) is 16.2. The summed E-state index contributed by atoms with van der Waals surface area (Å²) in [4.78, 5) is 29.1. The number of aromatic nitrogens is 3. The lowest BCUT2D eigenvalue weighted by molar-refractivity contribution is 0.0745. The van der Waals surface area contributed by atoms with Crippen LogP contribution in [0.1, 0.15) is 10.4 Å². The third-order valence-corrected chi connectivity index (χ3v) is 4.46. The summed E-state index contributed by atoms with van der Waals surface area (Å²) in [7, 11) is 0. The van der Waals surface area contributed by atoms with Crippen molar-refractivity contribution < 1.29 is 4.79 Å². The van der Waals surface area contributed by atoms with E-state index >= 15 is 0 Å². The van der Waals surface area contributed by atoms with E-state index < -0.39 is 0 Å². The maximum Gasteiger partial charge on any atom is 0.257 e. The number of carbonyl (C=O) groups excluding carboxylic acids is 1. The zero-order valence-electron chi connectivity index (χ0n) is 12.6. The molecule has 3 heterocycles. The van der Waals surface area contributed by atoms with Crippen LogP contribution in [0.15, 0.2) is 35.9 Å². The molecule has 1 fully saturated rings. The van der Waals surface area contributed by atoms with Crippen molar-refractivity contribution in [3.63, 3.8) is 0 Å². The monoisotopic (exact) mass is 349 g/mol. The number of nitrogens with zero attached hydrogens (tertiary/aromatic N) is 5. The third-order valence-electron chi connectivity index (χ3n) is 3.66. The number of halogens is 1. The highest BCUT2D eigenvalue weighted by atomic mass is 35.5. The smallest absolute Gasteiger partial charge is 0.257 e. The van der Waals surface area contributed by atoms with E-state index in [0.29, 0.717) is 28.8 Å². The Morgan fingerprint density at radius 2 is 1.78 bits per heavy atom. The summed E-state index contributed by atoms with van der Waals surface area (Å²) < 4.78 is 0. The Hall–Kier alpha value is -1.86. The second kappa shape index (κ2) is 7.14. The number of pyridine rings is 1. The predicted molar refractivity (Wildman–Crippen MR) is 91.2 cm³/mol. The molecule has 1 amide bonds. The molecule has 0 radical (unpaired) electrons. The fourth-order valence-corrected chi connectivity index (χ4v) is 2.84. The Balaban J connectivity index is 1.61. The summed E-state index contributed by atoms with van der Waals surface area (Å²) in [6.45, 7) is 2.77. The SMILES string of the molecule is CSc1ncc(C(=O)N2CCN(c3ccc(Cl)cn3)CC2)cn1. The van der Waals surface area contributed by atoms with E-state index in [1.807, 2.05) is 23.3 Å². The van der Waals surface area contributed by atoms with Gasteiger partial charge in [0.1, 0.15) is 5.82 Å². The van der Waals surface area contributed by atoms with Gasteiger partial charge in [0.25, 0.3) is 5.91 Å². The molecule has 2 aromatic heterocycles. The maximum absolute atomic E-state index is 12.5. The summed E-state index contributed by atoms with van der Waals surface area (Å²) >= 11 is 7.31. The number of thioether (sulfide) groups is 1. The standard InChI is InChI=1S/C15H16ClN5OS/c1-23-15-18-8-11(9-19-15)14(22)21-6-4-20(5-7-21)13-3-2-12(16)10-17-13/h2-3,8-10H,4-7H2,1H3. The van der Waals surface area contributed by atoms with Crippen molar-refractivity contribution in [2.24, 2.45) is 0 Å². The Bertz CT molecular complexity index is 671. The van der Waals surface area contributed by atoms with E-state index in [1.165, 1.54) is 11.8 Å². The van der Waals surface area contributed by atoms with Crippen molar-refractivity contribution in [3.05, 3.63) is 41.3 Å². The van der Waals surface area contributed by atoms with Gasteiger partial charge in [-0.25, -0.2) is 15.0 Å². The van der Waals surface area contributed by atoms with Crippen molar-refractivity contribution in [1.82, 2.24) is 19.9 Å². The second-order valence-electron chi connectivity index (χ2n) is 5.07. The van der Waals surface area contributed by atoms with E-state index in [0.717, 1.165) is 18.9 Å². The molecule has 1 aliphatic rings. The molecular formula is C15H16ClN5OS. The summed E-state index contributed by atoms with van der Waals surface area (Å²) in [6, 6.07) is 3.72. The first-order valence-corrected chi connectivity index (χ1v) is 8.79. The van der Waals surface area contributed by atoms with Gasteiger partial charge in [-0.2, -0.15) is 0 Å². The topological polar surface area (TPSA) is 62.2 Å². The summed E-state index contributed by atoms with van der Waals surface area (Å²) in [6.07, 6.45) is 6.72. The quantitative estimate of drug-likeness (QED) is 0.625. The fraction of sp³-hybridized carbons (Fsp3) is 0.333. The molecule has 0 atom stereocenters. The largest absolute Gasteiger partial charge is 0.353 e. The number of rotatable bonds is 3. The molecule has 1 aliphatic heterocycles. The summed E-state index contributed by atoms with van der Waals surface area (Å²) in [5.41, 5.74) is 0.529. The Morgan fingerprint density at radius 1 is 1.09 bits per heavy atom.